The summed E-state index contributed by atoms with van der Waals surface area (Å²) >= 11 is 0. The Balaban J connectivity index is 2.15. The van der Waals surface area contributed by atoms with Crippen molar-refractivity contribution in [3.05, 3.63) is 65.2 Å². The van der Waals surface area contributed by atoms with Crippen molar-refractivity contribution in [2.24, 2.45) is 0 Å². The second-order valence-electron chi connectivity index (χ2n) is 4.50. The van der Waals surface area contributed by atoms with E-state index in [4.69, 9.17) is 5.26 Å². The van der Waals surface area contributed by atoms with Crippen LogP contribution in [0.15, 0.2) is 42.5 Å². The van der Waals surface area contributed by atoms with Crippen LogP contribution in [-0.2, 0) is 11.2 Å². The molecule has 0 unspecified atom stereocenters. The van der Waals surface area contributed by atoms with Crippen molar-refractivity contribution in [3.63, 3.8) is 0 Å². The maximum absolute atomic E-state index is 13.5. The van der Waals surface area contributed by atoms with Gasteiger partial charge < -0.3 is 4.90 Å². The van der Waals surface area contributed by atoms with E-state index in [1.165, 1.54) is 17.0 Å². The smallest absolute Gasteiger partial charge is 0.231 e. The molecule has 5 heteroatoms. The number of halogens is 2. The number of amides is 1. The van der Waals surface area contributed by atoms with E-state index in [-0.39, 0.29) is 17.9 Å². The molecule has 1 amide bonds. The van der Waals surface area contributed by atoms with Gasteiger partial charge >= 0.3 is 0 Å². The van der Waals surface area contributed by atoms with Crippen molar-refractivity contribution in [1.82, 2.24) is 0 Å². The number of nitriles is 1. The van der Waals surface area contributed by atoms with Crippen LogP contribution >= 0.6 is 0 Å². The Hall–Kier alpha value is -2.74. The van der Waals surface area contributed by atoms with Crippen molar-refractivity contribution in [1.29, 1.82) is 5.26 Å². The average Bonchev–Trinajstić information content (AvgIpc) is 2.51. The standard InChI is InChI=1S/C16H12F2N2O/c1-20(13-7-5-11(10-19)6-8-13)15(21)9-12-3-2-4-14(17)16(12)18/h2-8H,9H2,1H3. The number of hydrogen-bond acceptors (Lipinski definition) is 2. The van der Waals surface area contributed by atoms with Gasteiger partial charge in [0, 0.05) is 18.3 Å². The molecule has 0 N–H and O–H groups in total. The summed E-state index contributed by atoms with van der Waals surface area (Å²) in [5.41, 5.74) is 1.08. The number of anilines is 1. The van der Waals surface area contributed by atoms with E-state index < -0.39 is 11.6 Å². The summed E-state index contributed by atoms with van der Waals surface area (Å²) in [6, 6.07) is 12.1. The van der Waals surface area contributed by atoms with Crippen LogP contribution in [0.4, 0.5) is 14.5 Å². The molecule has 0 aliphatic rings. The van der Waals surface area contributed by atoms with Crippen molar-refractivity contribution < 1.29 is 13.6 Å². The number of hydrogen-bond donors (Lipinski definition) is 0. The van der Waals surface area contributed by atoms with E-state index in [0.29, 0.717) is 11.3 Å². The first-order chi connectivity index (χ1) is 10.0. The van der Waals surface area contributed by atoms with Gasteiger partial charge in [-0.15, -0.1) is 0 Å². The highest BCUT2D eigenvalue weighted by molar-refractivity contribution is 5.94. The van der Waals surface area contributed by atoms with Gasteiger partial charge in [-0.2, -0.15) is 5.26 Å². The minimum Gasteiger partial charge on any atom is -0.315 e. The molecule has 0 saturated heterocycles. The highest BCUT2D eigenvalue weighted by atomic mass is 19.2. The molecule has 0 bridgehead atoms. The molecule has 2 aromatic carbocycles. The van der Waals surface area contributed by atoms with E-state index in [9.17, 15) is 13.6 Å². The zero-order chi connectivity index (χ0) is 15.4. The first-order valence-corrected chi connectivity index (χ1v) is 6.22. The van der Waals surface area contributed by atoms with Crippen LogP contribution in [0, 0.1) is 23.0 Å². The Bertz CT molecular complexity index is 705. The van der Waals surface area contributed by atoms with Gasteiger partial charge in [0.05, 0.1) is 18.1 Å². The van der Waals surface area contributed by atoms with E-state index in [0.717, 1.165) is 6.07 Å². The fourth-order valence-corrected chi connectivity index (χ4v) is 1.87. The number of rotatable bonds is 3. The number of benzene rings is 2. The molecule has 0 spiro atoms. The van der Waals surface area contributed by atoms with Crippen molar-refractivity contribution >= 4 is 11.6 Å². The van der Waals surface area contributed by atoms with E-state index >= 15 is 0 Å². The van der Waals surface area contributed by atoms with Gasteiger partial charge in [-0.25, -0.2) is 8.78 Å². The van der Waals surface area contributed by atoms with Crippen molar-refractivity contribution in [2.45, 2.75) is 6.42 Å². The summed E-state index contributed by atoms with van der Waals surface area (Å²) in [4.78, 5) is 13.4. The number of carbonyl (C=O) groups excluding carboxylic acids is 1. The maximum atomic E-state index is 13.5. The topological polar surface area (TPSA) is 44.1 Å². The molecule has 3 nitrogen and oxygen atoms in total. The first-order valence-electron chi connectivity index (χ1n) is 6.22. The Morgan fingerprint density at radius 3 is 2.48 bits per heavy atom. The quantitative estimate of drug-likeness (QED) is 0.870. The van der Waals surface area contributed by atoms with E-state index in [1.807, 2.05) is 6.07 Å². The van der Waals surface area contributed by atoms with Crippen molar-refractivity contribution in [2.75, 3.05) is 11.9 Å². The zero-order valence-electron chi connectivity index (χ0n) is 11.3. The second-order valence-corrected chi connectivity index (χ2v) is 4.50. The zero-order valence-corrected chi connectivity index (χ0v) is 11.3. The second kappa shape index (κ2) is 6.14. The normalized spacial score (nSPS) is 10.0. The molecule has 0 aromatic heterocycles. The number of nitrogens with zero attached hydrogens (tertiary/aromatic N) is 2. The fraction of sp³-hybridized carbons (Fsp3) is 0.125. The molecular weight excluding hydrogens is 274 g/mol. The molecule has 0 fully saturated rings. The van der Waals surface area contributed by atoms with E-state index in [2.05, 4.69) is 0 Å². The van der Waals surface area contributed by atoms with Gasteiger partial charge in [0.2, 0.25) is 5.91 Å². The van der Waals surface area contributed by atoms with Gasteiger partial charge in [0.25, 0.3) is 0 Å². The Morgan fingerprint density at radius 2 is 1.86 bits per heavy atom. The molecule has 0 aliphatic carbocycles. The van der Waals surface area contributed by atoms with Crippen LogP contribution in [-0.4, -0.2) is 13.0 Å². The van der Waals surface area contributed by atoms with Crippen LogP contribution in [0.5, 0.6) is 0 Å². The van der Waals surface area contributed by atoms with Crippen LogP contribution in [0.25, 0.3) is 0 Å². The fourth-order valence-electron chi connectivity index (χ4n) is 1.87. The first kappa shape index (κ1) is 14.7. The van der Waals surface area contributed by atoms with Crippen LogP contribution in [0.2, 0.25) is 0 Å². The third-order valence-electron chi connectivity index (χ3n) is 3.13. The highest BCUT2D eigenvalue weighted by Gasteiger charge is 2.15. The molecule has 21 heavy (non-hydrogen) atoms. The van der Waals surface area contributed by atoms with Gasteiger partial charge in [-0.3, -0.25) is 4.79 Å². The van der Waals surface area contributed by atoms with Crippen LogP contribution < -0.4 is 4.90 Å². The summed E-state index contributed by atoms with van der Waals surface area (Å²) in [6.07, 6.45) is -0.236. The lowest BCUT2D eigenvalue weighted by Gasteiger charge is -2.17. The molecule has 0 saturated carbocycles. The minimum atomic E-state index is -1.00. The summed E-state index contributed by atoms with van der Waals surface area (Å²) in [5.74, 6) is -2.34. The summed E-state index contributed by atoms with van der Waals surface area (Å²) in [5, 5.41) is 8.72. The van der Waals surface area contributed by atoms with E-state index in [1.54, 1.807) is 31.3 Å². The Labute approximate surface area is 121 Å². The monoisotopic (exact) mass is 286 g/mol. The molecule has 106 valence electrons. The Kier molecular flexibility index (Phi) is 4.29. The molecule has 2 aromatic rings. The molecular formula is C16H12F2N2O. The molecule has 2 rings (SSSR count). The predicted octanol–water partition coefficient (Wildman–Crippen LogP) is 3.04. The third-order valence-corrected chi connectivity index (χ3v) is 3.13. The van der Waals surface area contributed by atoms with Crippen LogP contribution in [0.3, 0.4) is 0 Å². The number of carbonyl (C=O) groups is 1. The average molecular weight is 286 g/mol. The third kappa shape index (κ3) is 3.23. The number of likely N-dealkylation sites (N-methyl/N-ethyl adjacent to an activating group) is 1. The lowest BCUT2D eigenvalue weighted by Crippen LogP contribution is -2.28. The Morgan fingerprint density at radius 1 is 1.19 bits per heavy atom. The van der Waals surface area contributed by atoms with Crippen molar-refractivity contribution in [3.8, 4) is 6.07 Å². The lowest BCUT2D eigenvalue weighted by atomic mass is 10.1. The van der Waals surface area contributed by atoms with Gasteiger partial charge in [0.15, 0.2) is 11.6 Å². The largest absolute Gasteiger partial charge is 0.315 e. The molecule has 0 atom stereocenters. The lowest BCUT2D eigenvalue weighted by molar-refractivity contribution is -0.117. The SMILES string of the molecule is CN(C(=O)Cc1cccc(F)c1F)c1ccc(C#N)cc1. The summed E-state index contributed by atoms with van der Waals surface area (Å²) in [6.45, 7) is 0. The van der Waals surface area contributed by atoms with Crippen LogP contribution in [0.1, 0.15) is 11.1 Å². The minimum absolute atomic E-state index is 0.0143. The predicted molar refractivity (Wildman–Crippen MR) is 74.6 cm³/mol. The van der Waals surface area contributed by atoms with Gasteiger partial charge in [0.1, 0.15) is 0 Å². The molecule has 0 aliphatic heterocycles. The van der Waals surface area contributed by atoms with Gasteiger partial charge in [-0.05, 0) is 30.3 Å². The summed E-state index contributed by atoms with van der Waals surface area (Å²) in [7, 11) is 1.54. The summed E-state index contributed by atoms with van der Waals surface area (Å²) < 4.78 is 26.7. The molecule has 0 radical (unpaired) electrons. The highest BCUT2D eigenvalue weighted by Crippen LogP contribution is 2.17. The maximum Gasteiger partial charge on any atom is 0.231 e. The van der Waals surface area contributed by atoms with Gasteiger partial charge in [-0.1, -0.05) is 12.1 Å². The molecule has 0 heterocycles.